The summed E-state index contributed by atoms with van der Waals surface area (Å²) in [6.07, 6.45) is 3.66. The molecular weight excluding hydrogens is 304 g/mol. The molecule has 2 aliphatic rings. The molecule has 1 fully saturated rings. The smallest absolute Gasteiger partial charge is 0.208 e. The van der Waals surface area contributed by atoms with Crippen LogP contribution in [0.4, 0.5) is 0 Å². The fraction of sp³-hybridized carbons (Fsp3) is 0.375. The lowest BCUT2D eigenvalue weighted by molar-refractivity contribution is -0.172. The van der Waals surface area contributed by atoms with Crippen molar-refractivity contribution in [2.75, 3.05) is 0 Å². The second kappa shape index (κ2) is 3.97. The van der Waals surface area contributed by atoms with E-state index in [0.717, 1.165) is 35.9 Å². The second-order valence-corrected chi connectivity index (χ2v) is 6.60. The summed E-state index contributed by atoms with van der Waals surface area (Å²) in [5, 5.41) is 12.9. The molecule has 0 amide bonds. The predicted molar refractivity (Wildman–Crippen MR) is 78.4 cm³/mol. The molecule has 2 aromatic rings. The van der Waals surface area contributed by atoms with Gasteiger partial charge >= 0.3 is 0 Å². The molecule has 1 N–H and O–H groups in total. The Morgan fingerprint density at radius 3 is 3.05 bits per heavy atom. The van der Waals surface area contributed by atoms with E-state index in [9.17, 15) is 5.11 Å². The Bertz CT molecular complexity index is 667. The topological polar surface area (TPSA) is 29.5 Å². The van der Waals surface area contributed by atoms with Crippen LogP contribution in [0.5, 0.6) is 5.75 Å². The Kier molecular flexibility index (Phi) is 2.45. The molecule has 2 atom stereocenters. The minimum atomic E-state index is -0.932. The van der Waals surface area contributed by atoms with E-state index in [4.69, 9.17) is 4.74 Å². The van der Waals surface area contributed by atoms with Crippen molar-refractivity contribution in [1.29, 1.82) is 0 Å². The molecule has 98 valence electrons. The summed E-state index contributed by atoms with van der Waals surface area (Å²) >= 11 is 3.52. The highest BCUT2D eigenvalue weighted by molar-refractivity contribution is 9.10. The van der Waals surface area contributed by atoms with Crippen LogP contribution in [0.15, 0.2) is 34.8 Å². The SMILES string of the molecule is O[C@@]12CCC[C@@H](C1)c1c(ccc3cc(Br)ccc13)O2. The summed E-state index contributed by atoms with van der Waals surface area (Å²) < 4.78 is 6.97. The molecule has 2 bridgehead atoms. The minimum absolute atomic E-state index is 0.423. The molecule has 0 spiro atoms. The van der Waals surface area contributed by atoms with Gasteiger partial charge in [-0.15, -0.1) is 0 Å². The van der Waals surface area contributed by atoms with Crippen molar-refractivity contribution < 1.29 is 9.84 Å². The Balaban J connectivity index is 1.98. The number of rotatable bonds is 0. The summed E-state index contributed by atoms with van der Waals surface area (Å²) in [7, 11) is 0. The van der Waals surface area contributed by atoms with E-state index in [2.05, 4.69) is 40.2 Å². The minimum Gasteiger partial charge on any atom is -0.462 e. The van der Waals surface area contributed by atoms with Gasteiger partial charge in [-0.3, -0.25) is 0 Å². The van der Waals surface area contributed by atoms with Gasteiger partial charge in [0.15, 0.2) is 0 Å². The first-order valence-electron chi connectivity index (χ1n) is 6.78. The first kappa shape index (κ1) is 11.7. The molecule has 4 rings (SSSR count). The normalized spacial score (nSPS) is 28.8. The maximum absolute atomic E-state index is 10.4. The van der Waals surface area contributed by atoms with Crippen LogP contribution in [0.2, 0.25) is 0 Å². The number of benzene rings is 2. The molecule has 3 heteroatoms. The van der Waals surface area contributed by atoms with Gasteiger partial charge in [-0.05, 0) is 47.7 Å². The van der Waals surface area contributed by atoms with Gasteiger partial charge in [0.1, 0.15) is 5.75 Å². The lowest BCUT2D eigenvalue weighted by Crippen LogP contribution is -2.43. The van der Waals surface area contributed by atoms with Crippen molar-refractivity contribution in [2.24, 2.45) is 0 Å². The number of hydrogen-bond acceptors (Lipinski definition) is 2. The van der Waals surface area contributed by atoms with Crippen molar-refractivity contribution in [2.45, 2.75) is 37.4 Å². The number of halogens is 1. The van der Waals surface area contributed by atoms with Crippen LogP contribution in [0.25, 0.3) is 10.8 Å². The summed E-state index contributed by atoms with van der Waals surface area (Å²) in [5.74, 6) is 0.361. The molecule has 0 unspecified atom stereocenters. The van der Waals surface area contributed by atoms with Gasteiger partial charge in [-0.1, -0.05) is 28.1 Å². The Labute approximate surface area is 120 Å². The Morgan fingerprint density at radius 1 is 1.26 bits per heavy atom. The van der Waals surface area contributed by atoms with Crippen molar-refractivity contribution in [1.82, 2.24) is 0 Å². The van der Waals surface area contributed by atoms with Crippen molar-refractivity contribution in [3.05, 3.63) is 40.4 Å². The zero-order chi connectivity index (χ0) is 13.0. The van der Waals surface area contributed by atoms with Crippen LogP contribution in [0.1, 0.15) is 37.2 Å². The molecule has 1 aliphatic carbocycles. The second-order valence-electron chi connectivity index (χ2n) is 5.68. The number of fused-ring (bicyclic) bond motifs is 6. The van der Waals surface area contributed by atoms with E-state index in [-0.39, 0.29) is 0 Å². The van der Waals surface area contributed by atoms with Crippen molar-refractivity contribution in [3.8, 4) is 5.75 Å². The lowest BCUT2D eigenvalue weighted by atomic mass is 9.76. The van der Waals surface area contributed by atoms with Crippen molar-refractivity contribution in [3.63, 3.8) is 0 Å². The third kappa shape index (κ3) is 1.79. The summed E-state index contributed by atoms with van der Waals surface area (Å²) in [4.78, 5) is 0. The zero-order valence-electron chi connectivity index (χ0n) is 10.5. The highest BCUT2D eigenvalue weighted by atomic mass is 79.9. The van der Waals surface area contributed by atoms with E-state index in [1.807, 2.05) is 6.07 Å². The van der Waals surface area contributed by atoms with E-state index >= 15 is 0 Å². The van der Waals surface area contributed by atoms with Crippen LogP contribution in [0.3, 0.4) is 0 Å². The quantitative estimate of drug-likeness (QED) is 0.783. The maximum Gasteiger partial charge on any atom is 0.208 e. The van der Waals surface area contributed by atoms with Gasteiger partial charge in [0.25, 0.3) is 0 Å². The molecular formula is C16H15BrO2. The molecule has 1 heterocycles. The van der Waals surface area contributed by atoms with Gasteiger partial charge < -0.3 is 9.84 Å². The van der Waals surface area contributed by atoms with E-state index in [0.29, 0.717) is 5.92 Å². The summed E-state index contributed by atoms with van der Waals surface area (Å²) in [5.41, 5.74) is 1.29. The van der Waals surface area contributed by atoms with E-state index in [1.54, 1.807) is 0 Å². The van der Waals surface area contributed by atoms with Crippen LogP contribution in [0, 0.1) is 0 Å². The maximum atomic E-state index is 10.4. The third-order valence-corrected chi connectivity index (χ3v) is 4.87. The van der Waals surface area contributed by atoms with Gasteiger partial charge in [0.05, 0.1) is 0 Å². The predicted octanol–water partition coefficient (Wildman–Crippen LogP) is 4.34. The van der Waals surface area contributed by atoms with Crippen LogP contribution in [-0.2, 0) is 0 Å². The highest BCUT2D eigenvalue weighted by Gasteiger charge is 2.42. The van der Waals surface area contributed by atoms with E-state index < -0.39 is 5.79 Å². The van der Waals surface area contributed by atoms with Crippen molar-refractivity contribution >= 4 is 26.7 Å². The van der Waals surface area contributed by atoms with Crippen LogP contribution >= 0.6 is 15.9 Å². The average molecular weight is 319 g/mol. The largest absolute Gasteiger partial charge is 0.462 e. The number of aliphatic hydroxyl groups is 1. The molecule has 2 nitrogen and oxygen atoms in total. The fourth-order valence-corrected chi connectivity index (χ4v) is 3.95. The van der Waals surface area contributed by atoms with Crippen LogP contribution < -0.4 is 4.74 Å². The number of hydrogen-bond donors (Lipinski definition) is 1. The standard InChI is InChI=1S/C16H15BrO2/c17-12-4-5-13-10(8-12)3-6-14-15(13)11-2-1-7-16(18,9-11)19-14/h3-6,8,11,18H,1-2,7,9H2/t11-,16+/m0/s1. The summed E-state index contributed by atoms with van der Waals surface area (Å²) in [6.45, 7) is 0. The monoisotopic (exact) mass is 318 g/mol. The first-order chi connectivity index (χ1) is 9.15. The van der Waals surface area contributed by atoms with Gasteiger partial charge in [0.2, 0.25) is 5.79 Å². The number of ether oxygens (including phenoxy) is 1. The highest BCUT2D eigenvalue weighted by Crippen LogP contribution is 2.50. The van der Waals surface area contributed by atoms with E-state index in [1.165, 1.54) is 16.3 Å². The van der Waals surface area contributed by atoms with Crippen LogP contribution in [-0.4, -0.2) is 10.9 Å². The molecule has 0 aromatic heterocycles. The fourth-order valence-electron chi connectivity index (χ4n) is 3.57. The first-order valence-corrected chi connectivity index (χ1v) is 7.57. The zero-order valence-corrected chi connectivity index (χ0v) is 12.1. The molecule has 1 aliphatic heterocycles. The third-order valence-electron chi connectivity index (χ3n) is 4.38. The molecule has 0 radical (unpaired) electrons. The Morgan fingerprint density at radius 2 is 2.16 bits per heavy atom. The molecule has 19 heavy (non-hydrogen) atoms. The lowest BCUT2D eigenvalue weighted by Gasteiger charge is -2.42. The molecule has 2 aromatic carbocycles. The summed E-state index contributed by atoms with van der Waals surface area (Å²) in [6, 6.07) is 10.4. The van der Waals surface area contributed by atoms with Gasteiger partial charge in [-0.2, -0.15) is 0 Å². The van der Waals surface area contributed by atoms with Gasteiger partial charge in [0, 0.05) is 22.9 Å². The Hall–Kier alpha value is -1.06. The average Bonchev–Trinajstić information content (AvgIpc) is 2.37. The van der Waals surface area contributed by atoms with Gasteiger partial charge in [-0.25, -0.2) is 0 Å². The molecule has 1 saturated carbocycles. The molecule has 0 saturated heterocycles.